The zero-order valence-electron chi connectivity index (χ0n) is 19.2. The van der Waals surface area contributed by atoms with E-state index < -0.39 is 20.5 Å². The van der Waals surface area contributed by atoms with Crippen LogP contribution in [0.5, 0.6) is 11.5 Å². The zero-order valence-corrected chi connectivity index (χ0v) is 23.1. The van der Waals surface area contributed by atoms with E-state index in [1.807, 2.05) is 24.3 Å². The molecule has 3 aliphatic carbocycles. The van der Waals surface area contributed by atoms with Crippen molar-refractivity contribution in [1.29, 1.82) is 0 Å². The van der Waals surface area contributed by atoms with E-state index in [0.29, 0.717) is 22.2 Å². The SMILES string of the molecule is O=C1[C@@H]2[C@H](C(=O)N1c1ccc(Oc3ccc(Cl)cc3)cc1)C1(Br)c3ccccc3C2(Br)c2ccccc21. The molecule has 1 saturated heterocycles. The number of carbonyl (C=O) groups is 2. The molecule has 0 spiro atoms. The number of hydrogen-bond donors (Lipinski definition) is 0. The summed E-state index contributed by atoms with van der Waals surface area (Å²) in [5.41, 5.74) is 4.58. The average molecular weight is 636 g/mol. The molecule has 0 unspecified atom stereocenters. The largest absolute Gasteiger partial charge is 0.457 e. The summed E-state index contributed by atoms with van der Waals surface area (Å²) in [6, 6.07) is 30.2. The number of benzene rings is 4. The summed E-state index contributed by atoms with van der Waals surface area (Å²) >= 11 is 14.0. The Morgan fingerprint density at radius 3 is 1.41 bits per heavy atom. The molecule has 0 saturated carbocycles. The Morgan fingerprint density at radius 1 is 0.622 bits per heavy atom. The summed E-state index contributed by atoms with van der Waals surface area (Å²) < 4.78 is 4.29. The molecule has 7 heteroatoms. The van der Waals surface area contributed by atoms with Crippen LogP contribution >= 0.6 is 43.5 Å². The van der Waals surface area contributed by atoms with E-state index in [1.54, 1.807) is 48.5 Å². The van der Waals surface area contributed by atoms with Gasteiger partial charge in [0, 0.05) is 5.02 Å². The van der Waals surface area contributed by atoms with E-state index in [2.05, 4.69) is 56.1 Å². The maximum absolute atomic E-state index is 14.1. The van der Waals surface area contributed by atoms with Crippen LogP contribution < -0.4 is 9.64 Å². The topological polar surface area (TPSA) is 46.6 Å². The second-order valence-electron chi connectivity index (χ2n) is 9.53. The number of nitrogens with zero attached hydrogens (tertiary/aromatic N) is 1. The highest BCUT2D eigenvalue weighted by atomic mass is 79.9. The van der Waals surface area contributed by atoms with Gasteiger partial charge in [0.15, 0.2) is 0 Å². The molecule has 4 aromatic rings. The molecule has 37 heavy (non-hydrogen) atoms. The number of anilines is 1. The summed E-state index contributed by atoms with van der Waals surface area (Å²) in [6.45, 7) is 0. The molecule has 2 atom stereocenters. The van der Waals surface area contributed by atoms with Crippen LogP contribution in [0.25, 0.3) is 0 Å². The predicted octanol–water partition coefficient (Wildman–Crippen LogP) is 7.54. The second-order valence-corrected chi connectivity index (χ2v) is 12.5. The highest BCUT2D eigenvalue weighted by molar-refractivity contribution is 9.10. The number of imide groups is 1. The van der Waals surface area contributed by atoms with Crippen LogP contribution in [0.1, 0.15) is 22.3 Å². The van der Waals surface area contributed by atoms with Crippen molar-refractivity contribution in [2.45, 2.75) is 8.65 Å². The van der Waals surface area contributed by atoms with Crippen molar-refractivity contribution < 1.29 is 14.3 Å². The van der Waals surface area contributed by atoms with E-state index >= 15 is 0 Å². The summed E-state index contributed by atoms with van der Waals surface area (Å²) in [4.78, 5) is 29.6. The molecule has 0 aromatic heterocycles. The average Bonchev–Trinajstić information content (AvgIpc) is 3.20. The Balaban J connectivity index is 1.31. The van der Waals surface area contributed by atoms with Gasteiger partial charge < -0.3 is 4.74 Å². The zero-order chi connectivity index (χ0) is 25.5. The number of halogens is 3. The minimum atomic E-state index is -0.806. The lowest BCUT2D eigenvalue weighted by atomic mass is 9.54. The first kappa shape index (κ1) is 23.2. The quantitative estimate of drug-likeness (QED) is 0.173. The Kier molecular flexibility index (Phi) is 5.04. The summed E-state index contributed by atoms with van der Waals surface area (Å²) in [7, 11) is 0. The van der Waals surface area contributed by atoms with E-state index in [-0.39, 0.29) is 11.8 Å². The monoisotopic (exact) mass is 633 g/mol. The lowest BCUT2D eigenvalue weighted by Gasteiger charge is -2.55. The van der Waals surface area contributed by atoms with Gasteiger partial charge in [-0.15, -0.1) is 0 Å². The number of hydrogen-bond acceptors (Lipinski definition) is 3. The van der Waals surface area contributed by atoms with Crippen LogP contribution in [0.2, 0.25) is 5.02 Å². The Bertz CT molecular complexity index is 1480. The van der Waals surface area contributed by atoms with Crippen LogP contribution in [0.3, 0.4) is 0 Å². The van der Waals surface area contributed by atoms with Crippen LogP contribution in [0, 0.1) is 11.8 Å². The number of carbonyl (C=O) groups excluding carboxylic acids is 2. The number of amides is 2. The summed E-state index contributed by atoms with van der Waals surface area (Å²) in [6.07, 6.45) is 0. The fraction of sp³-hybridized carbons (Fsp3) is 0.133. The molecule has 1 aliphatic heterocycles. The Hall–Kier alpha value is -2.93. The fourth-order valence-corrected chi connectivity index (χ4v) is 8.65. The van der Waals surface area contributed by atoms with Crippen molar-refractivity contribution in [3.8, 4) is 11.5 Å². The van der Waals surface area contributed by atoms with Crippen LogP contribution in [0.15, 0.2) is 97.1 Å². The highest BCUT2D eigenvalue weighted by Gasteiger charge is 2.72. The van der Waals surface area contributed by atoms with Gasteiger partial charge in [-0.2, -0.15) is 0 Å². The number of alkyl halides is 2. The van der Waals surface area contributed by atoms with E-state index in [0.717, 1.165) is 22.3 Å². The summed E-state index contributed by atoms with van der Waals surface area (Å²) in [5.74, 6) is -0.400. The lowest BCUT2D eigenvalue weighted by molar-refractivity contribution is -0.122. The van der Waals surface area contributed by atoms with Crippen molar-refractivity contribution in [3.05, 3.63) is 124 Å². The molecular formula is C30H18Br2ClNO3. The molecule has 4 aromatic carbocycles. The maximum atomic E-state index is 14.1. The first-order valence-electron chi connectivity index (χ1n) is 11.8. The van der Waals surface area contributed by atoms with Gasteiger partial charge >= 0.3 is 0 Å². The van der Waals surface area contributed by atoms with Gasteiger partial charge in [0.1, 0.15) is 11.5 Å². The van der Waals surface area contributed by atoms with Gasteiger partial charge in [-0.05, 0) is 70.8 Å². The Labute approximate surface area is 235 Å². The molecule has 4 nitrogen and oxygen atoms in total. The molecule has 1 heterocycles. The molecular weight excluding hydrogens is 618 g/mol. The van der Waals surface area contributed by atoms with E-state index in [9.17, 15) is 9.59 Å². The van der Waals surface area contributed by atoms with Gasteiger partial charge in [0.05, 0.1) is 26.2 Å². The molecule has 0 radical (unpaired) electrons. The van der Waals surface area contributed by atoms with Crippen molar-refractivity contribution in [1.82, 2.24) is 0 Å². The first-order valence-corrected chi connectivity index (χ1v) is 13.8. The molecule has 0 N–H and O–H groups in total. The smallest absolute Gasteiger partial charge is 0.239 e. The molecule has 1 fully saturated rings. The standard InChI is InChI=1S/C30H18Br2ClNO3/c31-29-21-5-1-2-6-22(21)30(32,24-8-4-3-7-23(24)29)26-25(29)27(35)34(28(26)36)18-11-15-20(16-12-18)37-19-13-9-17(33)10-14-19/h1-16,25-26H/t25-,26+,29?,30?. The molecule has 4 aliphatic rings. The van der Waals surface area contributed by atoms with E-state index in [1.165, 1.54) is 4.90 Å². The third-order valence-corrected chi connectivity index (χ3v) is 10.7. The third kappa shape index (κ3) is 3.01. The normalized spacial score (nSPS) is 27.1. The van der Waals surface area contributed by atoms with Crippen LogP contribution in [-0.4, -0.2) is 11.8 Å². The fourth-order valence-electron chi connectivity index (χ4n) is 6.22. The minimum Gasteiger partial charge on any atom is -0.457 e. The third-order valence-electron chi connectivity index (χ3n) is 7.73. The molecule has 182 valence electrons. The number of ether oxygens (including phenoxy) is 1. The lowest BCUT2D eigenvalue weighted by Crippen LogP contribution is -2.56. The van der Waals surface area contributed by atoms with Crippen LogP contribution in [-0.2, 0) is 18.2 Å². The minimum absolute atomic E-state index is 0.217. The maximum Gasteiger partial charge on any atom is 0.239 e. The van der Waals surface area contributed by atoms with Crippen molar-refractivity contribution in [3.63, 3.8) is 0 Å². The molecule has 2 bridgehead atoms. The van der Waals surface area contributed by atoms with Gasteiger partial charge in [-0.3, -0.25) is 9.59 Å². The van der Waals surface area contributed by atoms with Gasteiger partial charge in [-0.1, -0.05) is 92.0 Å². The van der Waals surface area contributed by atoms with Gasteiger partial charge in [-0.25, -0.2) is 4.90 Å². The number of rotatable bonds is 3. The van der Waals surface area contributed by atoms with E-state index in [4.69, 9.17) is 16.3 Å². The first-order chi connectivity index (χ1) is 17.8. The second kappa shape index (κ2) is 8.03. The molecule has 2 amide bonds. The van der Waals surface area contributed by atoms with Crippen molar-refractivity contribution in [2.75, 3.05) is 4.90 Å². The summed E-state index contributed by atoms with van der Waals surface area (Å²) in [5, 5.41) is 0.627. The van der Waals surface area contributed by atoms with Crippen molar-refractivity contribution >= 4 is 61.0 Å². The predicted molar refractivity (Wildman–Crippen MR) is 150 cm³/mol. The highest BCUT2D eigenvalue weighted by Crippen LogP contribution is 2.70. The van der Waals surface area contributed by atoms with Gasteiger partial charge in [0.25, 0.3) is 0 Å². The Morgan fingerprint density at radius 2 is 1.00 bits per heavy atom. The van der Waals surface area contributed by atoms with Crippen molar-refractivity contribution in [2.24, 2.45) is 11.8 Å². The van der Waals surface area contributed by atoms with Gasteiger partial charge in [0.2, 0.25) is 11.8 Å². The van der Waals surface area contributed by atoms with Crippen LogP contribution in [0.4, 0.5) is 5.69 Å². The molecule has 8 rings (SSSR count).